The lowest BCUT2D eigenvalue weighted by atomic mass is 10.2. The Morgan fingerprint density at radius 3 is 2.69 bits per heavy atom. The molecule has 1 fully saturated rings. The molecule has 12 heteroatoms. The minimum atomic E-state index is -4.56. The molecule has 3 aromatic rings. The summed E-state index contributed by atoms with van der Waals surface area (Å²) in [5.41, 5.74) is 1.45. The molecule has 0 spiro atoms. The van der Waals surface area contributed by atoms with Crippen LogP contribution in [0, 0.1) is 0 Å². The summed E-state index contributed by atoms with van der Waals surface area (Å²) >= 11 is 0. The number of ether oxygens (including phenoxy) is 1. The lowest BCUT2D eigenvalue weighted by Gasteiger charge is -2.20. The fourth-order valence-electron chi connectivity index (χ4n) is 3.49. The Hall–Kier alpha value is -3.44. The summed E-state index contributed by atoms with van der Waals surface area (Å²) in [4.78, 5) is 23.0. The van der Waals surface area contributed by atoms with Crippen molar-refractivity contribution < 1.29 is 22.7 Å². The normalized spacial score (nSPS) is 17.5. The number of hydrogen-bond acceptors (Lipinski definition) is 7. The van der Waals surface area contributed by atoms with Gasteiger partial charge in [-0.1, -0.05) is 30.3 Å². The fraction of sp³-hybridized carbons (Fsp3) is 0.450. The van der Waals surface area contributed by atoms with Crippen molar-refractivity contribution in [2.24, 2.45) is 0 Å². The lowest BCUT2D eigenvalue weighted by molar-refractivity contribution is -0.190. The zero-order valence-corrected chi connectivity index (χ0v) is 17.5. The highest BCUT2D eigenvalue weighted by Gasteiger charge is 2.39. The number of nitrogens with one attached hydrogen (secondary N) is 1. The van der Waals surface area contributed by atoms with E-state index in [0.29, 0.717) is 37.4 Å². The van der Waals surface area contributed by atoms with E-state index >= 15 is 0 Å². The van der Waals surface area contributed by atoms with Crippen molar-refractivity contribution in [2.45, 2.75) is 45.1 Å². The van der Waals surface area contributed by atoms with Gasteiger partial charge in [-0.3, -0.25) is 4.79 Å². The molecule has 1 amide bonds. The number of anilines is 1. The van der Waals surface area contributed by atoms with E-state index in [0.717, 1.165) is 12.5 Å². The van der Waals surface area contributed by atoms with Gasteiger partial charge in [0.15, 0.2) is 17.4 Å². The largest absolute Gasteiger partial charge is 0.451 e. The number of alkyl halides is 3. The smallest absolute Gasteiger partial charge is 0.425 e. The first-order chi connectivity index (χ1) is 15.2. The Labute approximate surface area is 181 Å². The molecule has 0 saturated carbocycles. The van der Waals surface area contributed by atoms with Crippen molar-refractivity contribution in [1.82, 2.24) is 30.3 Å². The third-order valence-corrected chi connectivity index (χ3v) is 5.06. The number of benzene rings is 1. The molecule has 2 unspecified atom stereocenters. The van der Waals surface area contributed by atoms with Gasteiger partial charge < -0.3 is 15.0 Å². The van der Waals surface area contributed by atoms with E-state index < -0.39 is 18.3 Å². The summed E-state index contributed by atoms with van der Waals surface area (Å²) in [6.07, 6.45) is -5.98. The van der Waals surface area contributed by atoms with Crippen LogP contribution in [0.1, 0.15) is 25.8 Å². The van der Waals surface area contributed by atoms with Crippen molar-refractivity contribution in [3.8, 4) is 6.01 Å². The van der Waals surface area contributed by atoms with Crippen molar-refractivity contribution in [1.29, 1.82) is 0 Å². The second-order valence-corrected chi connectivity index (χ2v) is 7.65. The van der Waals surface area contributed by atoms with Crippen molar-refractivity contribution >= 4 is 22.9 Å². The van der Waals surface area contributed by atoms with Crippen LogP contribution in [0.15, 0.2) is 30.3 Å². The molecule has 0 radical (unpaired) electrons. The summed E-state index contributed by atoms with van der Waals surface area (Å²) in [6.45, 7) is 3.66. The van der Waals surface area contributed by atoms with E-state index in [1.165, 1.54) is 11.7 Å². The predicted octanol–water partition coefficient (Wildman–Crippen LogP) is 2.31. The second-order valence-electron chi connectivity index (χ2n) is 7.65. The molecule has 1 aliphatic rings. The Kier molecular flexibility index (Phi) is 5.85. The maximum atomic E-state index is 13.0. The van der Waals surface area contributed by atoms with Crippen LogP contribution in [0.5, 0.6) is 6.01 Å². The van der Waals surface area contributed by atoms with Crippen LogP contribution in [0.25, 0.3) is 11.2 Å². The molecule has 2 atom stereocenters. The predicted molar refractivity (Wildman–Crippen MR) is 109 cm³/mol. The van der Waals surface area contributed by atoms with E-state index in [1.54, 1.807) is 0 Å². The quantitative estimate of drug-likeness (QED) is 0.617. The average molecular weight is 449 g/mol. The van der Waals surface area contributed by atoms with Crippen LogP contribution in [0.2, 0.25) is 0 Å². The molecule has 0 aliphatic carbocycles. The molecule has 170 valence electrons. The van der Waals surface area contributed by atoms with Crippen LogP contribution in [-0.2, 0) is 11.3 Å². The van der Waals surface area contributed by atoms with Gasteiger partial charge in [0.1, 0.15) is 0 Å². The number of carbonyl (C=O) groups excluding carboxylic acids is 1. The average Bonchev–Trinajstić information content (AvgIpc) is 3.33. The Bertz CT molecular complexity index is 1100. The maximum absolute atomic E-state index is 13.0. The zero-order valence-electron chi connectivity index (χ0n) is 17.5. The van der Waals surface area contributed by atoms with Crippen LogP contribution >= 0.6 is 0 Å². The lowest BCUT2D eigenvalue weighted by Crippen LogP contribution is -2.36. The number of halogens is 3. The first-order valence-electron chi connectivity index (χ1n) is 10.1. The van der Waals surface area contributed by atoms with E-state index in [2.05, 4.69) is 25.5 Å². The monoisotopic (exact) mass is 449 g/mol. The summed E-state index contributed by atoms with van der Waals surface area (Å²) in [5.74, 6) is 0.174. The van der Waals surface area contributed by atoms with Gasteiger partial charge in [0.25, 0.3) is 0 Å². The number of fused-ring (bicyclic) bond motifs is 1. The Morgan fingerprint density at radius 1 is 1.25 bits per heavy atom. The Balaban J connectivity index is 1.69. The summed E-state index contributed by atoms with van der Waals surface area (Å²) in [7, 11) is 0. The molecule has 32 heavy (non-hydrogen) atoms. The van der Waals surface area contributed by atoms with Crippen LogP contribution in [0.3, 0.4) is 0 Å². The zero-order chi connectivity index (χ0) is 22.9. The van der Waals surface area contributed by atoms with E-state index in [-0.39, 0.29) is 17.6 Å². The third kappa shape index (κ3) is 4.89. The summed E-state index contributed by atoms with van der Waals surface area (Å²) in [6, 6.07) is 8.98. The van der Waals surface area contributed by atoms with Gasteiger partial charge in [-0.25, -0.2) is 0 Å². The first kappa shape index (κ1) is 21.8. The minimum Gasteiger partial charge on any atom is -0.451 e. The van der Waals surface area contributed by atoms with Gasteiger partial charge in [0, 0.05) is 26.1 Å². The molecular formula is C20H22F3N7O2. The van der Waals surface area contributed by atoms with Crippen LogP contribution < -0.4 is 15.0 Å². The molecule has 0 bridgehead atoms. The summed E-state index contributed by atoms with van der Waals surface area (Å²) < 4.78 is 44.0. The number of rotatable bonds is 6. The topological polar surface area (TPSA) is 98.1 Å². The molecule has 1 aliphatic heterocycles. The third-order valence-electron chi connectivity index (χ3n) is 5.06. The van der Waals surface area contributed by atoms with Crippen molar-refractivity contribution in [2.75, 3.05) is 18.0 Å². The van der Waals surface area contributed by atoms with Crippen LogP contribution in [0.4, 0.5) is 19.0 Å². The van der Waals surface area contributed by atoms with Gasteiger partial charge in [0.05, 0.1) is 6.54 Å². The first-order valence-corrected chi connectivity index (χ1v) is 10.1. The minimum absolute atomic E-state index is 0.102. The molecule has 3 heterocycles. The van der Waals surface area contributed by atoms with Crippen molar-refractivity contribution in [3.63, 3.8) is 0 Å². The van der Waals surface area contributed by atoms with E-state index in [1.807, 2.05) is 35.2 Å². The van der Waals surface area contributed by atoms with Gasteiger partial charge >= 0.3 is 12.2 Å². The highest BCUT2D eigenvalue weighted by atomic mass is 19.4. The van der Waals surface area contributed by atoms with Gasteiger partial charge in [-0.15, -0.1) is 10.2 Å². The standard InChI is InChI=1S/C20H22F3N7O2/c1-12(20(21,22)23)32-19-25-17-16(27-30(28-17)10-14-6-4-3-5-7-14)18(26-19)29-9-8-15(11-29)24-13(2)31/h3-7,12,15H,8-11H2,1-2H3,(H,24,31). The molecule has 1 aromatic carbocycles. The van der Waals surface area contributed by atoms with E-state index in [9.17, 15) is 18.0 Å². The molecule has 2 aromatic heterocycles. The fourth-order valence-corrected chi connectivity index (χ4v) is 3.49. The number of nitrogens with zero attached hydrogens (tertiary/aromatic N) is 6. The van der Waals surface area contributed by atoms with Gasteiger partial charge in [-0.05, 0) is 18.9 Å². The maximum Gasteiger partial charge on any atom is 0.425 e. The number of amides is 1. The van der Waals surface area contributed by atoms with Crippen LogP contribution in [-0.4, -0.2) is 62.3 Å². The van der Waals surface area contributed by atoms with Gasteiger partial charge in [-0.2, -0.15) is 27.9 Å². The van der Waals surface area contributed by atoms with Gasteiger partial charge in [0.2, 0.25) is 11.6 Å². The second kappa shape index (κ2) is 8.60. The highest BCUT2D eigenvalue weighted by molar-refractivity contribution is 5.83. The molecule has 9 nitrogen and oxygen atoms in total. The van der Waals surface area contributed by atoms with Crippen molar-refractivity contribution in [3.05, 3.63) is 35.9 Å². The SMILES string of the molecule is CC(=O)NC1CCN(c2nc(OC(C)C(F)(F)F)nc3nn(Cc4ccccc4)nc23)C1. The number of aromatic nitrogens is 5. The number of hydrogen-bond donors (Lipinski definition) is 1. The molecule has 1 saturated heterocycles. The molecule has 1 N–H and O–H groups in total. The molecule has 4 rings (SSSR count). The molecular weight excluding hydrogens is 427 g/mol. The summed E-state index contributed by atoms with van der Waals surface area (Å²) in [5, 5.41) is 11.7. The Morgan fingerprint density at radius 2 is 2.00 bits per heavy atom. The van der Waals surface area contributed by atoms with E-state index in [4.69, 9.17) is 4.74 Å². The number of carbonyl (C=O) groups is 1. The highest BCUT2D eigenvalue weighted by Crippen LogP contribution is 2.29.